The molecule has 4 nitrogen and oxygen atoms in total. The van der Waals surface area contributed by atoms with Gasteiger partial charge in [0.1, 0.15) is 5.82 Å². The molecule has 1 unspecified atom stereocenters. The highest BCUT2D eigenvalue weighted by atomic mass is 19.1. The summed E-state index contributed by atoms with van der Waals surface area (Å²) in [6.45, 7) is 6.01. The number of aromatic nitrogens is 3. The lowest BCUT2D eigenvalue weighted by molar-refractivity contribution is 0.572. The molecule has 0 aliphatic rings. The van der Waals surface area contributed by atoms with Crippen LogP contribution in [0.4, 0.5) is 4.39 Å². The normalized spacial score (nSPS) is 12.6. The smallest absolute Gasteiger partial charge is 0.141 e. The third-order valence-corrected chi connectivity index (χ3v) is 3.08. The Bertz CT molecular complexity index is 521. The van der Waals surface area contributed by atoms with Gasteiger partial charge in [0.15, 0.2) is 0 Å². The average Bonchev–Trinajstić information content (AvgIpc) is 2.90. The second kappa shape index (κ2) is 7.14. The summed E-state index contributed by atoms with van der Waals surface area (Å²) in [6.07, 6.45) is 7.21. The molecule has 0 aliphatic heterocycles. The average molecular weight is 276 g/mol. The highest BCUT2D eigenvalue weighted by molar-refractivity contribution is 5.23. The molecule has 0 amide bonds. The number of halogens is 1. The van der Waals surface area contributed by atoms with E-state index in [0.717, 1.165) is 37.2 Å². The molecule has 1 N–H and O–H groups in total. The molecule has 0 fully saturated rings. The van der Waals surface area contributed by atoms with Crippen LogP contribution in [-0.2, 0) is 6.54 Å². The van der Waals surface area contributed by atoms with Gasteiger partial charge in [0.05, 0.1) is 24.1 Å². The van der Waals surface area contributed by atoms with E-state index in [1.807, 2.05) is 17.1 Å². The van der Waals surface area contributed by atoms with Gasteiger partial charge >= 0.3 is 0 Å². The maximum Gasteiger partial charge on any atom is 0.141 e. The predicted molar refractivity (Wildman–Crippen MR) is 76.8 cm³/mol. The minimum absolute atomic E-state index is 0.0406. The van der Waals surface area contributed by atoms with E-state index in [1.54, 1.807) is 6.07 Å². The van der Waals surface area contributed by atoms with E-state index in [0.29, 0.717) is 0 Å². The molecule has 20 heavy (non-hydrogen) atoms. The van der Waals surface area contributed by atoms with Crippen molar-refractivity contribution >= 4 is 0 Å². The number of nitrogens with one attached hydrogen (secondary N) is 1. The van der Waals surface area contributed by atoms with E-state index in [1.165, 1.54) is 12.3 Å². The minimum atomic E-state index is -0.315. The van der Waals surface area contributed by atoms with Gasteiger partial charge in [-0.1, -0.05) is 13.8 Å². The molecular formula is C15H21FN4. The van der Waals surface area contributed by atoms with Crippen molar-refractivity contribution in [1.29, 1.82) is 0 Å². The molecule has 0 aliphatic carbocycles. The van der Waals surface area contributed by atoms with E-state index in [-0.39, 0.29) is 11.9 Å². The maximum absolute atomic E-state index is 13.0. The second-order valence-corrected chi connectivity index (χ2v) is 4.83. The van der Waals surface area contributed by atoms with Crippen molar-refractivity contribution in [2.24, 2.45) is 0 Å². The van der Waals surface area contributed by atoms with Crippen LogP contribution in [0.2, 0.25) is 0 Å². The number of nitrogens with zero attached hydrogens (tertiary/aromatic N) is 3. The number of pyridine rings is 1. The van der Waals surface area contributed by atoms with E-state index < -0.39 is 0 Å². The first-order chi connectivity index (χ1) is 9.74. The standard InChI is InChI=1S/C15H21FN4/c1-3-7-17-15(14-6-5-13(16)10-18-14)12-9-19-20(11-12)8-4-2/h5-6,9-11,15,17H,3-4,7-8H2,1-2H3. The van der Waals surface area contributed by atoms with E-state index in [4.69, 9.17) is 0 Å². The summed E-state index contributed by atoms with van der Waals surface area (Å²) < 4.78 is 14.9. The van der Waals surface area contributed by atoms with Crippen LogP contribution in [-0.4, -0.2) is 21.3 Å². The number of aryl methyl sites for hydroxylation is 1. The topological polar surface area (TPSA) is 42.7 Å². The Hall–Kier alpha value is -1.75. The van der Waals surface area contributed by atoms with Crippen LogP contribution in [0, 0.1) is 5.82 Å². The van der Waals surface area contributed by atoms with Crippen LogP contribution in [0.5, 0.6) is 0 Å². The Labute approximate surface area is 119 Å². The molecular weight excluding hydrogens is 255 g/mol. The third-order valence-electron chi connectivity index (χ3n) is 3.08. The molecule has 1 atom stereocenters. The van der Waals surface area contributed by atoms with E-state index >= 15 is 0 Å². The molecule has 0 saturated carbocycles. The van der Waals surface area contributed by atoms with Gasteiger partial charge in [-0.25, -0.2) is 4.39 Å². The van der Waals surface area contributed by atoms with Gasteiger partial charge < -0.3 is 5.32 Å². The maximum atomic E-state index is 13.0. The zero-order valence-corrected chi connectivity index (χ0v) is 12.0. The van der Waals surface area contributed by atoms with Crippen molar-refractivity contribution in [1.82, 2.24) is 20.1 Å². The fourth-order valence-corrected chi connectivity index (χ4v) is 2.12. The van der Waals surface area contributed by atoms with Crippen molar-refractivity contribution in [3.63, 3.8) is 0 Å². The predicted octanol–water partition coefficient (Wildman–Crippen LogP) is 2.92. The first-order valence-corrected chi connectivity index (χ1v) is 7.11. The monoisotopic (exact) mass is 276 g/mol. The molecule has 2 aromatic rings. The first kappa shape index (κ1) is 14.7. The third kappa shape index (κ3) is 3.63. The summed E-state index contributed by atoms with van der Waals surface area (Å²) in [6, 6.07) is 3.13. The zero-order chi connectivity index (χ0) is 14.4. The minimum Gasteiger partial charge on any atom is -0.305 e. The van der Waals surface area contributed by atoms with Crippen LogP contribution in [0.15, 0.2) is 30.7 Å². The number of rotatable bonds is 7. The molecule has 108 valence electrons. The fraction of sp³-hybridized carbons (Fsp3) is 0.467. The molecule has 5 heteroatoms. The second-order valence-electron chi connectivity index (χ2n) is 4.83. The van der Waals surface area contributed by atoms with Crippen LogP contribution in [0.1, 0.15) is 44.0 Å². The van der Waals surface area contributed by atoms with E-state index in [2.05, 4.69) is 29.2 Å². The van der Waals surface area contributed by atoms with Crippen molar-refractivity contribution in [2.75, 3.05) is 6.54 Å². The Morgan fingerprint density at radius 1 is 1.25 bits per heavy atom. The highest BCUT2D eigenvalue weighted by Gasteiger charge is 2.16. The molecule has 0 saturated heterocycles. The van der Waals surface area contributed by atoms with Crippen molar-refractivity contribution < 1.29 is 4.39 Å². The lowest BCUT2D eigenvalue weighted by Gasteiger charge is -2.16. The van der Waals surface area contributed by atoms with E-state index in [9.17, 15) is 4.39 Å². The number of hydrogen-bond acceptors (Lipinski definition) is 3. The fourth-order valence-electron chi connectivity index (χ4n) is 2.12. The summed E-state index contributed by atoms with van der Waals surface area (Å²) in [4.78, 5) is 4.19. The van der Waals surface area contributed by atoms with Crippen LogP contribution in [0.3, 0.4) is 0 Å². The lowest BCUT2D eigenvalue weighted by Crippen LogP contribution is -2.23. The molecule has 0 bridgehead atoms. The molecule has 0 aromatic carbocycles. The Kier molecular flexibility index (Phi) is 5.24. The van der Waals surface area contributed by atoms with Gasteiger partial charge in [-0.05, 0) is 31.5 Å². The molecule has 2 aromatic heterocycles. The number of hydrogen-bond donors (Lipinski definition) is 1. The van der Waals surface area contributed by atoms with Crippen molar-refractivity contribution in [3.05, 3.63) is 47.8 Å². The van der Waals surface area contributed by atoms with Gasteiger partial charge in [-0.2, -0.15) is 5.10 Å². The van der Waals surface area contributed by atoms with Gasteiger partial charge in [0.25, 0.3) is 0 Å². The van der Waals surface area contributed by atoms with Gasteiger partial charge in [-0.3, -0.25) is 9.67 Å². The summed E-state index contributed by atoms with van der Waals surface area (Å²) in [5.74, 6) is -0.315. The van der Waals surface area contributed by atoms with Gasteiger partial charge in [0, 0.05) is 18.3 Å². The highest BCUT2D eigenvalue weighted by Crippen LogP contribution is 2.20. The quantitative estimate of drug-likeness (QED) is 0.845. The summed E-state index contributed by atoms with van der Waals surface area (Å²) in [7, 11) is 0. The van der Waals surface area contributed by atoms with Crippen LogP contribution in [0.25, 0.3) is 0 Å². The van der Waals surface area contributed by atoms with Crippen molar-refractivity contribution in [2.45, 2.75) is 39.3 Å². The molecule has 2 heterocycles. The Morgan fingerprint density at radius 3 is 2.75 bits per heavy atom. The van der Waals surface area contributed by atoms with Crippen molar-refractivity contribution in [3.8, 4) is 0 Å². The molecule has 0 spiro atoms. The first-order valence-electron chi connectivity index (χ1n) is 7.11. The summed E-state index contributed by atoms with van der Waals surface area (Å²) in [5.41, 5.74) is 1.88. The Morgan fingerprint density at radius 2 is 2.10 bits per heavy atom. The van der Waals surface area contributed by atoms with Gasteiger partial charge in [0.2, 0.25) is 0 Å². The molecule has 2 rings (SSSR count). The SMILES string of the molecule is CCCNC(c1cnn(CCC)c1)c1ccc(F)cn1. The molecule has 0 radical (unpaired) electrons. The summed E-state index contributed by atoms with van der Waals surface area (Å²) >= 11 is 0. The zero-order valence-electron chi connectivity index (χ0n) is 12.0. The summed E-state index contributed by atoms with van der Waals surface area (Å²) in [5, 5.41) is 7.79. The Balaban J connectivity index is 2.23. The largest absolute Gasteiger partial charge is 0.305 e. The lowest BCUT2D eigenvalue weighted by atomic mass is 10.1. The van der Waals surface area contributed by atoms with Crippen LogP contribution >= 0.6 is 0 Å². The van der Waals surface area contributed by atoms with Crippen LogP contribution < -0.4 is 5.32 Å². The van der Waals surface area contributed by atoms with Gasteiger partial charge in [-0.15, -0.1) is 0 Å².